The number of rotatable bonds is 5. The molecule has 0 radical (unpaired) electrons. The molecular formula is C17H24N2O. The van der Waals surface area contributed by atoms with Gasteiger partial charge in [-0.25, -0.2) is 0 Å². The molecule has 1 aromatic carbocycles. The number of hydrogen-bond donors (Lipinski definition) is 1. The first-order valence-corrected chi connectivity index (χ1v) is 7.30. The monoisotopic (exact) mass is 272 g/mol. The van der Waals surface area contributed by atoms with Crippen LogP contribution in [0.3, 0.4) is 0 Å². The molecule has 1 atom stereocenters. The largest absolute Gasteiger partial charge is 0.347 e. The lowest BCUT2D eigenvalue weighted by molar-refractivity contribution is 0.0919. The van der Waals surface area contributed by atoms with Crippen LogP contribution in [0, 0.1) is 12.8 Å². The molecule has 1 unspecified atom stereocenters. The molecule has 1 aromatic heterocycles. The Labute approximate surface area is 121 Å². The van der Waals surface area contributed by atoms with E-state index in [1.165, 1.54) is 0 Å². The molecule has 3 heteroatoms. The van der Waals surface area contributed by atoms with Crippen molar-refractivity contribution in [1.82, 2.24) is 9.88 Å². The Morgan fingerprint density at radius 1 is 1.30 bits per heavy atom. The fraction of sp³-hybridized carbons (Fsp3) is 0.471. The second-order valence-corrected chi connectivity index (χ2v) is 5.68. The summed E-state index contributed by atoms with van der Waals surface area (Å²) in [6, 6.07) is 8.00. The molecule has 0 bridgehead atoms. The molecule has 2 aromatic rings. The van der Waals surface area contributed by atoms with Crippen molar-refractivity contribution in [2.24, 2.45) is 13.0 Å². The van der Waals surface area contributed by atoms with Gasteiger partial charge in [0.2, 0.25) is 0 Å². The van der Waals surface area contributed by atoms with Gasteiger partial charge in [0.1, 0.15) is 0 Å². The van der Waals surface area contributed by atoms with Crippen LogP contribution in [0.25, 0.3) is 10.9 Å². The van der Waals surface area contributed by atoms with Crippen LogP contribution < -0.4 is 5.32 Å². The van der Waals surface area contributed by atoms with Gasteiger partial charge in [-0.3, -0.25) is 4.79 Å². The van der Waals surface area contributed by atoms with Crippen molar-refractivity contribution >= 4 is 16.7 Å². The zero-order valence-corrected chi connectivity index (χ0v) is 13.0. The van der Waals surface area contributed by atoms with Crippen molar-refractivity contribution < 1.29 is 4.79 Å². The van der Waals surface area contributed by atoms with Crippen LogP contribution >= 0.6 is 0 Å². The Kier molecular flexibility index (Phi) is 4.29. The third-order valence-corrected chi connectivity index (χ3v) is 4.02. The maximum Gasteiger partial charge on any atom is 0.182 e. The van der Waals surface area contributed by atoms with E-state index in [1.807, 2.05) is 39.1 Å². The van der Waals surface area contributed by atoms with Crippen LogP contribution in [-0.2, 0) is 7.05 Å². The van der Waals surface area contributed by atoms with Crippen molar-refractivity contribution in [3.05, 3.63) is 35.5 Å². The number of benzene rings is 1. The van der Waals surface area contributed by atoms with E-state index in [1.54, 1.807) is 0 Å². The normalized spacial score (nSPS) is 13.1. The van der Waals surface area contributed by atoms with Gasteiger partial charge in [0.25, 0.3) is 0 Å². The quantitative estimate of drug-likeness (QED) is 0.847. The number of likely N-dealkylation sites (N-methyl/N-ethyl adjacent to an activating group) is 1. The highest BCUT2D eigenvalue weighted by atomic mass is 16.1. The van der Waals surface area contributed by atoms with Gasteiger partial charge in [0.15, 0.2) is 5.78 Å². The Bertz CT molecular complexity index is 625. The number of nitrogens with one attached hydrogen (secondary N) is 1. The van der Waals surface area contributed by atoms with E-state index in [0.717, 1.165) is 28.7 Å². The predicted molar refractivity (Wildman–Crippen MR) is 84.3 cm³/mol. The first kappa shape index (κ1) is 14.8. The number of aromatic nitrogens is 1. The third kappa shape index (κ3) is 2.38. The summed E-state index contributed by atoms with van der Waals surface area (Å²) in [5, 5.41) is 4.38. The minimum absolute atomic E-state index is 0.121. The first-order valence-electron chi connectivity index (χ1n) is 7.30. The van der Waals surface area contributed by atoms with Crippen molar-refractivity contribution in [2.45, 2.75) is 33.7 Å². The first-order chi connectivity index (χ1) is 9.49. The zero-order valence-electron chi connectivity index (χ0n) is 13.0. The smallest absolute Gasteiger partial charge is 0.182 e. The standard InChI is InChI=1S/C17H24N2O/c1-6-18-16(11(2)3)17(20)15-12(4)19(5)14-10-8-7-9-13(14)15/h7-11,16,18H,6H2,1-5H3. The molecule has 3 nitrogen and oxygen atoms in total. The summed E-state index contributed by atoms with van der Waals surface area (Å²) < 4.78 is 2.10. The van der Waals surface area contributed by atoms with E-state index in [4.69, 9.17) is 0 Å². The summed E-state index contributed by atoms with van der Waals surface area (Å²) >= 11 is 0. The van der Waals surface area contributed by atoms with E-state index in [2.05, 4.69) is 29.8 Å². The molecule has 0 aliphatic carbocycles. The van der Waals surface area contributed by atoms with Gasteiger partial charge in [-0.05, 0) is 25.5 Å². The van der Waals surface area contributed by atoms with Gasteiger partial charge in [-0.2, -0.15) is 0 Å². The summed E-state index contributed by atoms with van der Waals surface area (Å²) in [4.78, 5) is 12.9. The number of Topliss-reactive ketones (excluding diaryl/α,β-unsaturated/α-hetero) is 1. The van der Waals surface area contributed by atoms with Gasteiger partial charge in [-0.1, -0.05) is 39.0 Å². The number of para-hydroxylation sites is 1. The summed E-state index contributed by atoms with van der Waals surface area (Å²) in [5.41, 5.74) is 3.02. The lowest BCUT2D eigenvalue weighted by atomic mass is 9.93. The Hall–Kier alpha value is -1.61. The molecule has 1 N–H and O–H groups in total. The van der Waals surface area contributed by atoms with Crippen LogP contribution in [-0.4, -0.2) is 22.9 Å². The fourth-order valence-corrected chi connectivity index (χ4v) is 2.84. The number of carbonyl (C=O) groups excluding carboxylic acids is 1. The average molecular weight is 272 g/mol. The van der Waals surface area contributed by atoms with Crippen LogP contribution in [0.4, 0.5) is 0 Å². The number of ketones is 1. The molecule has 0 saturated carbocycles. The Balaban J connectivity index is 2.57. The van der Waals surface area contributed by atoms with Crippen molar-refractivity contribution in [2.75, 3.05) is 6.54 Å². The molecule has 2 rings (SSSR count). The summed E-state index contributed by atoms with van der Waals surface area (Å²) in [7, 11) is 2.02. The van der Waals surface area contributed by atoms with E-state index in [-0.39, 0.29) is 17.7 Å². The lowest BCUT2D eigenvalue weighted by Crippen LogP contribution is -2.41. The minimum Gasteiger partial charge on any atom is -0.347 e. The van der Waals surface area contributed by atoms with Crippen molar-refractivity contribution in [3.8, 4) is 0 Å². The summed E-state index contributed by atoms with van der Waals surface area (Å²) in [5.74, 6) is 0.483. The Morgan fingerprint density at radius 3 is 2.55 bits per heavy atom. The highest BCUT2D eigenvalue weighted by molar-refractivity contribution is 6.11. The number of fused-ring (bicyclic) bond motifs is 1. The van der Waals surface area contributed by atoms with Gasteiger partial charge in [0, 0.05) is 29.2 Å². The maximum atomic E-state index is 12.9. The van der Waals surface area contributed by atoms with E-state index >= 15 is 0 Å². The second-order valence-electron chi connectivity index (χ2n) is 5.68. The highest BCUT2D eigenvalue weighted by Gasteiger charge is 2.27. The van der Waals surface area contributed by atoms with Crippen LogP contribution in [0.5, 0.6) is 0 Å². The third-order valence-electron chi connectivity index (χ3n) is 4.02. The zero-order chi connectivity index (χ0) is 14.9. The maximum absolute atomic E-state index is 12.9. The topological polar surface area (TPSA) is 34.0 Å². The summed E-state index contributed by atoms with van der Waals surface area (Å²) in [6.45, 7) is 9.05. The van der Waals surface area contributed by atoms with Crippen LogP contribution in [0.2, 0.25) is 0 Å². The minimum atomic E-state index is -0.121. The van der Waals surface area contributed by atoms with E-state index < -0.39 is 0 Å². The molecule has 0 aliphatic rings. The summed E-state index contributed by atoms with van der Waals surface area (Å²) in [6.07, 6.45) is 0. The van der Waals surface area contributed by atoms with Crippen LogP contribution in [0.1, 0.15) is 36.8 Å². The molecule has 0 aliphatic heterocycles. The Morgan fingerprint density at radius 2 is 1.95 bits per heavy atom. The molecule has 108 valence electrons. The SMILES string of the molecule is CCNC(C(=O)c1c(C)n(C)c2ccccc12)C(C)C. The van der Waals surface area contributed by atoms with Crippen molar-refractivity contribution in [1.29, 1.82) is 0 Å². The lowest BCUT2D eigenvalue weighted by Gasteiger charge is -2.20. The van der Waals surface area contributed by atoms with Gasteiger partial charge in [-0.15, -0.1) is 0 Å². The molecular weight excluding hydrogens is 248 g/mol. The molecule has 0 fully saturated rings. The van der Waals surface area contributed by atoms with Gasteiger partial charge in [0.05, 0.1) is 6.04 Å². The fourth-order valence-electron chi connectivity index (χ4n) is 2.84. The van der Waals surface area contributed by atoms with Crippen molar-refractivity contribution in [3.63, 3.8) is 0 Å². The highest BCUT2D eigenvalue weighted by Crippen LogP contribution is 2.27. The molecule has 0 amide bonds. The van der Waals surface area contributed by atoms with Crippen LogP contribution in [0.15, 0.2) is 24.3 Å². The van der Waals surface area contributed by atoms with Gasteiger partial charge < -0.3 is 9.88 Å². The predicted octanol–water partition coefficient (Wildman–Crippen LogP) is 3.30. The number of hydrogen-bond acceptors (Lipinski definition) is 2. The van der Waals surface area contributed by atoms with Gasteiger partial charge >= 0.3 is 0 Å². The number of aryl methyl sites for hydroxylation is 1. The number of carbonyl (C=O) groups is 1. The molecule has 0 saturated heterocycles. The number of nitrogens with zero attached hydrogens (tertiary/aromatic N) is 1. The molecule has 1 heterocycles. The molecule has 0 spiro atoms. The van der Waals surface area contributed by atoms with E-state index in [0.29, 0.717) is 0 Å². The average Bonchev–Trinajstić information content (AvgIpc) is 2.68. The van der Waals surface area contributed by atoms with E-state index in [9.17, 15) is 4.79 Å². The molecule has 20 heavy (non-hydrogen) atoms. The second kappa shape index (κ2) is 5.80.